The van der Waals surface area contributed by atoms with Crippen LogP contribution in [0.15, 0.2) is 54.6 Å². The van der Waals surface area contributed by atoms with Crippen LogP contribution in [0.1, 0.15) is 0 Å². The molecular formula is C20H24N4O3. The minimum atomic E-state index is -0.159. The molecule has 2 N–H and O–H groups in total. The largest absolute Gasteiger partial charge is 0.495 e. The van der Waals surface area contributed by atoms with Crippen LogP contribution in [-0.4, -0.2) is 61.6 Å². The Morgan fingerprint density at radius 2 is 1.59 bits per heavy atom. The van der Waals surface area contributed by atoms with Gasteiger partial charge < -0.3 is 20.3 Å². The summed E-state index contributed by atoms with van der Waals surface area (Å²) in [6.45, 7) is 2.76. The highest BCUT2D eigenvalue weighted by Gasteiger charge is 2.23. The molecule has 0 aromatic heterocycles. The van der Waals surface area contributed by atoms with Crippen LogP contribution < -0.4 is 15.4 Å². The van der Waals surface area contributed by atoms with Crippen molar-refractivity contribution in [2.24, 2.45) is 0 Å². The summed E-state index contributed by atoms with van der Waals surface area (Å²) in [4.78, 5) is 28.4. The zero-order valence-corrected chi connectivity index (χ0v) is 15.4. The number of hydrogen-bond acceptors (Lipinski definition) is 4. The number of nitrogens with one attached hydrogen (secondary N) is 2. The van der Waals surface area contributed by atoms with Gasteiger partial charge in [-0.2, -0.15) is 0 Å². The van der Waals surface area contributed by atoms with E-state index in [2.05, 4.69) is 10.6 Å². The molecule has 0 spiro atoms. The van der Waals surface area contributed by atoms with Crippen molar-refractivity contribution in [2.75, 3.05) is 50.5 Å². The van der Waals surface area contributed by atoms with Crippen molar-refractivity contribution in [1.82, 2.24) is 9.80 Å². The van der Waals surface area contributed by atoms with Crippen LogP contribution in [0.3, 0.4) is 0 Å². The molecule has 0 aliphatic carbocycles. The second-order valence-corrected chi connectivity index (χ2v) is 6.31. The second-order valence-electron chi connectivity index (χ2n) is 6.31. The highest BCUT2D eigenvalue weighted by atomic mass is 16.5. The Morgan fingerprint density at radius 1 is 0.926 bits per heavy atom. The Kier molecular flexibility index (Phi) is 6.27. The molecule has 0 bridgehead atoms. The Hall–Kier alpha value is -3.06. The monoisotopic (exact) mass is 368 g/mol. The van der Waals surface area contributed by atoms with Crippen molar-refractivity contribution in [2.45, 2.75) is 0 Å². The number of para-hydroxylation sites is 3. The smallest absolute Gasteiger partial charge is 0.322 e. The molecule has 1 fully saturated rings. The van der Waals surface area contributed by atoms with Crippen LogP contribution in [0, 0.1) is 0 Å². The summed E-state index contributed by atoms with van der Waals surface area (Å²) in [6, 6.07) is 16.5. The molecule has 3 amide bonds. The number of anilines is 2. The number of piperazine rings is 1. The predicted molar refractivity (Wildman–Crippen MR) is 105 cm³/mol. The summed E-state index contributed by atoms with van der Waals surface area (Å²) in [7, 11) is 1.57. The molecule has 1 aliphatic heterocycles. The van der Waals surface area contributed by atoms with E-state index in [1.807, 2.05) is 47.4 Å². The third-order valence-corrected chi connectivity index (χ3v) is 4.43. The average molecular weight is 368 g/mol. The van der Waals surface area contributed by atoms with Crippen molar-refractivity contribution in [3.63, 3.8) is 0 Å². The predicted octanol–water partition coefficient (Wildman–Crippen LogP) is 2.48. The average Bonchev–Trinajstić information content (AvgIpc) is 2.69. The van der Waals surface area contributed by atoms with E-state index in [0.717, 1.165) is 5.69 Å². The van der Waals surface area contributed by atoms with E-state index in [1.165, 1.54) is 0 Å². The summed E-state index contributed by atoms with van der Waals surface area (Å²) in [5, 5.41) is 5.76. The van der Waals surface area contributed by atoms with E-state index in [4.69, 9.17) is 4.74 Å². The number of benzene rings is 2. The van der Waals surface area contributed by atoms with Gasteiger partial charge in [0.1, 0.15) is 5.75 Å². The number of rotatable bonds is 5. The number of nitrogens with zero attached hydrogens (tertiary/aromatic N) is 2. The van der Waals surface area contributed by atoms with E-state index in [1.54, 1.807) is 24.1 Å². The number of ether oxygens (including phenoxy) is 1. The molecule has 3 rings (SSSR count). The number of carbonyl (C=O) groups is 2. The molecule has 0 atom stereocenters. The molecule has 2 aromatic carbocycles. The summed E-state index contributed by atoms with van der Waals surface area (Å²) < 4.78 is 5.26. The molecule has 0 radical (unpaired) electrons. The highest BCUT2D eigenvalue weighted by molar-refractivity contribution is 5.92. The highest BCUT2D eigenvalue weighted by Crippen LogP contribution is 2.23. The van der Waals surface area contributed by atoms with E-state index in [0.29, 0.717) is 44.2 Å². The zero-order chi connectivity index (χ0) is 19.1. The number of urea groups is 1. The first kappa shape index (κ1) is 18.7. The summed E-state index contributed by atoms with van der Waals surface area (Å²) in [5.41, 5.74) is 1.44. The van der Waals surface area contributed by atoms with Crippen molar-refractivity contribution in [3.05, 3.63) is 54.6 Å². The van der Waals surface area contributed by atoms with E-state index in [9.17, 15) is 9.59 Å². The lowest BCUT2D eigenvalue weighted by atomic mass is 10.3. The number of methoxy groups -OCH3 is 1. The van der Waals surface area contributed by atoms with Gasteiger partial charge in [-0.1, -0.05) is 30.3 Å². The van der Waals surface area contributed by atoms with Crippen molar-refractivity contribution < 1.29 is 14.3 Å². The van der Waals surface area contributed by atoms with Gasteiger partial charge in [-0.25, -0.2) is 4.79 Å². The van der Waals surface area contributed by atoms with Gasteiger partial charge in [0.25, 0.3) is 0 Å². The maximum absolute atomic E-state index is 12.5. The fourth-order valence-electron chi connectivity index (χ4n) is 2.98. The minimum Gasteiger partial charge on any atom is -0.495 e. The quantitative estimate of drug-likeness (QED) is 0.850. The van der Waals surface area contributed by atoms with Gasteiger partial charge in [0.15, 0.2) is 0 Å². The topological polar surface area (TPSA) is 73.9 Å². The summed E-state index contributed by atoms with van der Waals surface area (Å²) in [6.07, 6.45) is 0. The Bertz CT molecular complexity index is 774. The second kappa shape index (κ2) is 9.05. The Balaban J connectivity index is 1.45. The lowest BCUT2D eigenvalue weighted by molar-refractivity contribution is -0.117. The van der Waals surface area contributed by atoms with E-state index >= 15 is 0 Å². The first-order chi connectivity index (χ1) is 13.2. The minimum absolute atomic E-state index is 0.0480. The first-order valence-corrected chi connectivity index (χ1v) is 8.92. The maximum atomic E-state index is 12.5. The molecule has 0 saturated carbocycles. The third-order valence-electron chi connectivity index (χ3n) is 4.43. The fourth-order valence-corrected chi connectivity index (χ4v) is 2.98. The molecule has 7 heteroatoms. The molecule has 27 heavy (non-hydrogen) atoms. The van der Waals surface area contributed by atoms with Crippen LogP contribution >= 0.6 is 0 Å². The fraction of sp³-hybridized carbons (Fsp3) is 0.300. The van der Waals surface area contributed by atoms with Crippen LogP contribution in [-0.2, 0) is 4.79 Å². The van der Waals surface area contributed by atoms with E-state index in [-0.39, 0.29) is 11.9 Å². The van der Waals surface area contributed by atoms with Crippen molar-refractivity contribution >= 4 is 23.3 Å². The van der Waals surface area contributed by atoms with E-state index < -0.39 is 0 Å². The summed E-state index contributed by atoms with van der Waals surface area (Å²) in [5.74, 6) is 0.579. The van der Waals surface area contributed by atoms with Crippen LogP contribution in [0.2, 0.25) is 0 Å². The molecule has 2 aromatic rings. The Morgan fingerprint density at radius 3 is 2.30 bits per heavy atom. The molecule has 7 nitrogen and oxygen atoms in total. The number of amides is 3. The van der Waals surface area contributed by atoms with Gasteiger partial charge in [0.05, 0.1) is 19.3 Å². The van der Waals surface area contributed by atoms with Gasteiger partial charge in [0.2, 0.25) is 5.91 Å². The number of carbonyl (C=O) groups excluding carboxylic acids is 2. The zero-order valence-electron chi connectivity index (χ0n) is 15.4. The molecule has 1 heterocycles. The first-order valence-electron chi connectivity index (χ1n) is 8.92. The summed E-state index contributed by atoms with van der Waals surface area (Å²) >= 11 is 0. The molecule has 142 valence electrons. The molecule has 1 aliphatic rings. The lowest BCUT2D eigenvalue weighted by Gasteiger charge is -2.34. The maximum Gasteiger partial charge on any atom is 0.322 e. The molecular weight excluding hydrogens is 344 g/mol. The van der Waals surface area contributed by atoms with Crippen LogP contribution in [0.4, 0.5) is 16.2 Å². The van der Waals surface area contributed by atoms with Gasteiger partial charge in [-0.15, -0.1) is 0 Å². The molecule has 0 unspecified atom stereocenters. The number of hydrogen-bond donors (Lipinski definition) is 2. The normalized spacial score (nSPS) is 14.5. The lowest BCUT2D eigenvalue weighted by Crippen LogP contribution is -2.51. The standard InChI is InChI=1S/C20H24N4O3/c1-27-18-10-6-5-9-17(18)22-20(26)24-13-11-23(12-14-24)15-19(25)21-16-7-3-2-4-8-16/h2-10H,11-15H2,1H3,(H,21,25)(H,22,26). The van der Waals surface area contributed by atoms with Crippen molar-refractivity contribution in [3.8, 4) is 5.75 Å². The van der Waals surface area contributed by atoms with Crippen LogP contribution in [0.5, 0.6) is 5.75 Å². The SMILES string of the molecule is COc1ccccc1NC(=O)N1CCN(CC(=O)Nc2ccccc2)CC1. The van der Waals surface area contributed by atoms with Crippen LogP contribution in [0.25, 0.3) is 0 Å². The van der Waals surface area contributed by atoms with Gasteiger partial charge in [-0.05, 0) is 24.3 Å². The van der Waals surface area contributed by atoms with Gasteiger partial charge >= 0.3 is 6.03 Å². The van der Waals surface area contributed by atoms with Gasteiger partial charge in [-0.3, -0.25) is 9.69 Å². The Labute approximate surface area is 158 Å². The molecule has 1 saturated heterocycles. The van der Waals surface area contributed by atoms with Gasteiger partial charge in [0, 0.05) is 31.9 Å². The van der Waals surface area contributed by atoms with Crippen molar-refractivity contribution in [1.29, 1.82) is 0 Å². The third kappa shape index (κ3) is 5.21.